The molecule has 0 atom stereocenters. The average molecular weight is 398 g/mol. The van der Waals surface area contributed by atoms with Gasteiger partial charge in [-0.2, -0.15) is 26.7 Å². The van der Waals surface area contributed by atoms with Gasteiger partial charge < -0.3 is 0 Å². The topological polar surface area (TPSA) is 104 Å². The summed E-state index contributed by atoms with van der Waals surface area (Å²) >= 11 is 0. The van der Waals surface area contributed by atoms with E-state index in [0.29, 0.717) is 16.9 Å². The van der Waals surface area contributed by atoms with Crippen molar-refractivity contribution in [3.63, 3.8) is 0 Å². The predicted molar refractivity (Wildman–Crippen MR) is 96.0 cm³/mol. The van der Waals surface area contributed by atoms with Crippen molar-refractivity contribution in [3.05, 3.63) is 71.9 Å². The van der Waals surface area contributed by atoms with Gasteiger partial charge in [-0.05, 0) is 25.1 Å². The van der Waals surface area contributed by atoms with Crippen LogP contribution in [0.15, 0.2) is 60.7 Å². The van der Waals surface area contributed by atoms with Crippen LogP contribution in [-0.4, -0.2) is 18.2 Å². The SMILES string of the molecule is Cc1ccc(-c2cc(C(F)(F)F)nn2-c2ccccc2)cc1.NS(N)(=O)=O. The fraction of sp³-hybridized carbons (Fsp3) is 0.118. The number of aromatic nitrogens is 2. The first kappa shape index (κ1) is 20.6. The van der Waals surface area contributed by atoms with Gasteiger partial charge in [0.25, 0.3) is 10.2 Å². The molecule has 3 rings (SSSR count). The molecule has 6 nitrogen and oxygen atoms in total. The lowest BCUT2D eigenvalue weighted by atomic mass is 10.1. The van der Waals surface area contributed by atoms with Crippen LogP contribution < -0.4 is 10.3 Å². The van der Waals surface area contributed by atoms with Gasteiger partial charge in [-0.3, -0.25) is 0 Å². The predicted octanol–water partition coefficient (Wildman–Crippen LogP) is 3.02. The van der Waals surface area contributed by atoms with Gasteiger partial charge in [-0.1, -0.05) is 48.0 Å². The Labute approximate surface area is 154 Å². The highest BCUT2D eigenvalue weighted by Gasteiger charge is 2.35. The molecule has 0 saturated carbocycles. The van der Waals surface area contributed by atoms with E-state index in [1.165, 1.54) is 4.68 Å². The van der Waals surface area contributed by atoms with Gasteiger partial charge in [-0.25, -0.2) is 15.0 Å². The number of halogens is 3. The molecule has 144 valence electrons. The number of aryl methyl sites for hydroxylation is 1. The molecule has 4 N–H and O–H groups in total. The number of alkyl halides is 3. The third kappa shape index (κ3) is 6.20. The molecule has 0 amide bonds. The monoisotopic (exact) mass is 398 g/mol. The maximum absolute atomic E-state index is 13.0. The van der Waals surface area contributed by atoms with Crippen molar-refractivity contribution < 1.29 is 21.6 Å². The summed E-state index contributed by atoms with van der Waals surface area (Å²) in [6, 6.07) is 17.2. The van der Waals surface area contributed by atoms with Crippen LogP contribution in [0.4, 0.5) is 13.2 Å². The first-order chi connectivity index (χ1) is 12.4. The van der Waals surface area contributed by atoms with Gasteiger partial charge in [0.1, 0.15) is 0 Å². The highest BCUT2D eigenvalue weighted by atomic mass is 32.2. The molecule has 1 heterocycles. The highest BCUT2D eigenvalue weighted by molar-refractivity contribution is 7.86. The molecule has 0 saturated heterocycles. The zero-order valence-corrected chi connectivity index (χ0v) is 15.0. The van der Waals surface area contributed by atoms with Gasteiger partial charge in [-0.15, -0.1) is 0 Å². The number of hydrogen-bond acceptors (Lipinski definition) is 3. The van der Waals surface area contributed by atoms with Crippen LogP contribution in [0.2, 0.25) is 0 Å². The zero-order valence-electron chi connectivity index (χ0n) is 14.2. The minimum absolute atomic E-state index is 0.415. The molecule has 10 heteroatoms. The quantitative estimate of drug-likeness (QED) is 0.693. The highest BCUT2D eigenvalue weighted by Crippen LogP contribution is 2.33. The number of para-hydroxylation sites is 1. The van der Waals surface area contributed by atoms with E-state index in [4.69, 9.17) is 0 Å². The molecule has 0 fully saturated rings. The van der Waals surface area contributed by atoms with E-state index >= 15 is 0 Å². The maximum atomic E-state index is 13.0. The smallest absolute Gasteiger partial charge is 0.233 e. The number of rotatable bonds is 2. The third-order valence-corrected chi connectivity index (χ3v) is 3.35. The van der Waals surface area contributed by atoms with Crippen LogP contribution in [0.3, 0.4) is 0 Å². The van der Waals surface area contributed by atoms with Crippen molar-refractivity contribution in [3.8, 4) is 16.9 Å². The number of benzene rings is 2. The number of nitrogens with zero attached hydrogens (tertiary/aromatic N) is 2. The van der Waals surface area contributed by atoms with Gasteiger partial charge in [0, 0.05) is 5.56 Å². The fourth-order valence-corrected chi connectivity index (χ4v) is 2.22. The standard InChI is InChI=1S/C17H13F3N2.H4N2O2S/c1-12-7-9-13(10-8-12)15-11-16(17(18,19)20)21-22(15)14-5-3-2-4-6-14;1-5(2,3)4/h2-11H,1H3;(H4,1,2,3,4). The fourth-order valence-electron chi connectivity index (χ4n) is 2.22. The van der Waals surface area contributed by atoms with E-state index in [1.54, 1.807) is 36.4 Å². The molecule has 0 aliphatic rings. The average Bonchev–Trinajstić information content (AvgIpc) is 3.00. The van der Waals surface area contributed by atoms with Crippen LogP contribution in [-0.2, 0) is 16.4 Å². The summed E-state index contributed by atoms with van der Waals surface area (Å²) in [5, 5.41) is 12.0. The van der Waals surface area contributed by atoms with Crippen LogP contribution in [0.5, 0.6) is 0 Å². The normalized spacial score (nSPS) is 11.6. The molecule has 0 radical (unpaired) electrons. The van der Waals surface area contributed by atoms with E-state index in [2.05, 4.69) is 15.4 Å². The Morgan fingerprint density at radius 2 is 1.48 bits per heavy atom. The summed E-state index contributed by atoms with van der Waals surface area (Å²) in [6.07, 6.45) is -4.47. The van der Waals surface area contributed by atoms with Gasteiger partial charge in [0.2, 0.25) is 0 Å². The summed E-state index contributed by atoms with van der Waals surface area (Å²) in [7, 11) is -3.67. The van der Waals surface area contributed by atoms with Crippen molar-refractivity contribution >= 4 is 10.2 Å². The molecule has 0 aliphatic heterocycles. The van der Waals surface area contributed by atoms with Crippen molar-refractivity contribution in [2.24, 2.45) is 10.3 Å². The number of hydrogen-bond donors (Lipinski definition) is 2. The summed E-state index contributed by atoms with van der Waals surface area (Å²) in [5.74, 6) is 0. The van der Waals surface area contributed by atoms with E-state index < -0.39 is 22.1 Å². The molecule has 1 aromatic heterocycles. The van der Waals surface area contributed by atoms with Gasteiger partial charge >= 0.3 is 6.18 Å². The van der Waals surface area contributed by atoms with E-state index in [1.807, 2.05) is 25.1 Å². The Hall–Kier alpha value is -2.69. The number of nitrogens with two attached hydrogens (primary N) is 2. The second kappa shape index (κ2) is 7.91. The minimum atomic E-state index is -4.47. The Morgan fingerprint density at radius 1 is 0.963 bits per heavy atom. The largest absolute Gasteiger partial charge is 0.435 e. The lowest BCUT2D eigenvalue weighted by Gasteiger charge is -2.07. The molecular weight excluding hydrogens is 381 g/mol. The van der Waals surface area contributed by atoms with Crippen LogP contribution in [0.25, 0.3) is 16.9 Å². The Kier molecular flexibility index (Phi) is 6.04. The first-order valence-electron chi connectivity index (χ1n) is 7.55. The second-order valence-electron chi connectivity index (χ2n) is 5.61. The Balaban J connectivity index is 0.000000465. The lowest BCUT2D eigenvalue weighted by Crippen LogP contribution is -2.21. The van der Waals surface area contributed by atoms with E-state index in [0.717, 1.165) is 11.6 Å². The summed E-state index contributed by atoms with van der Waals surface area (Å²) in [6.45, 7) is 1.93. The van der Waals surface area contributed by atoms with Crippen molar-refractivity contribution in [1.82, 2.24) is 9.78 Å². The lowest BCUT2D eigenvalue weighted by molar-refractivity contribution is -0.141. The van der Waals surface area contributed by atoms with Crippen LogP contribution in [0, 0.1) is 6.92 Å². The second-order valence-corrected chi connectivity index (χ2v) is 6.79. The summed E-state index contributed by atoms with van der Waals surface area (Å²) < 4.78 is 58.7. The first-order valence-corrected chi connectivity index (χ1v) is 9.16. The molecule has 2 aromatic carbocycles. The molecule has 0 aliphatic carbocycles. The molecule has 0 unspecified atom stereocenters. The van der Waals surface area contributed by atoms with Crippen LogP contribution >= 0.6 is 0 Å². The molecule has 0 spiro atoms. The van der Waals surface area contributed by atoms with E-state index in [-0.39, 0.29) is 0 Å². The van der Waals surface area contributed by atoms with Crippen molar-refractivity contribution in [2.45, 2.75) is 13.1 Å². The molecular formula is C17H17F3N4O2S. The molecule has 3 aromatic rings. The Bertz CT molecular complexity index is 991. The van der Waals surface area contributed by atoms with Crippen molar-refractivity contribution in [2.75, 3.05) is 0 Å². The molecule has 0 bridgehead atoms. The van der Waals surface area contributed by atoms with Gasteiger partial charge in [0.15, 0.2) is 5.69 Å². The minimum Gasteiger partial charge on any atom is -0.233 e. The maximum Gasteiger partial charge on any atom is 0.435 e. The van der Waals surface area contributed by atoms with Crippen LogP contribution in [0.1, 0.15) is 11.3 Å². The summed E-state index contributed by atoms with van der Waals surface area (Å²) in [5.41, 5.74) is 1.85. The third-order valence-electron chi connectivity index (χ3n) is 3.35. The molecule has 27 heavy (non-hydrogen) atoms. The van der Waals surface area contributed by atoms with E-state index in [9.17, 15) is 21.6 Å². The Morgan fingerprint density at radius 3 is 1.96 bits per heavy atom. The summed E-state index contributed by atoms with van der Waals surface area (Å²) in [4.78, 5) is 0. The van der Waals surface area contributed by atoms with Gasteiger partial charge in [0.05, 0.1) is 11.4 Å². The zero-order chi connectivity index (χ0) is 20.2. The van der Waals surface area contributed by atoms with Crippen molar-refractivity contribution in [1.29, 1.82) is 0 Å².